The Kier molecular flexibility index (Phi) is 4.04. The Morgan fingerprint density at radius 2 is 2.14 bits per heavy atom. The molecule has 0 atom stereocenters. The molecule has 4 heteroatoms. The molecule has 0 saturated heterocycles. The summed E-state index contributed by atoms with van der Waals surface area (Å²) in [4.78, 5) is 16.0. The monoisotopic (exact) mass is 317 g/mol. The maximum atomic E-state index is 13.6. The number of aryl methyl sites for hydroxylation is 1. The zero-order valence-electron chi connectivity index (χ0n) is 12.9. The maximum absolute atomic E-state index is 13.6. The Hall–Kier alpha value is -1.68. The van der Waals surface area contributed by atoms with Crippen molar-refractivity contribution in [2.75, 3.05) is 7.05 Å². The van der Waals surface area contributed by atoms with E-state index in [9.17, 15) is 9.18 Å². The Labute approximate surface area is 134 Å². The lowest BCUT2D eigenvalue weighted by atomic mass is 9.63. The number of benzene rings is 1. The van der Waals surface area contributed by atoms with Crippen LogP contribution in [0, 0.1) is 12.7 Å². The molecule has 1 amide bonds. The van der Waals surface area contributed by atoms with Crippen molar-refractivity contribution < 1.29 is 9.18 Å². The Morgan fingerprint density at radius 1 is 1.36 bits per heavy atom. The Morgan fingerprint density at radius 3 is 2.68 bits per heavy atom. The number of thiophene rings is 1. The fourth-order valence-corrected chi connectivity index (χ4v) is 4.12. The van der Waals surface area contributed by atoms with Crippen molar-refractivity contribution in [1.82, 2.24) is 4.90 Å². The minimum absolute atomic E-state index is 0.108. The summed E-state index contributed by atoms with van der Waals surface area (Å²) < 4.78 is 13.6. The highest BCUT2D eigenvalue weighted by molar-refractivity contribution is 7.10. The van der Waals surface area contributed by atoms with Crippen molar-refractivity contribution in [3.63, 3.8) is 0 Å². The third kappa shape index (κ3) is 2.56. The first-order chi connectivity index (χ1) is 10.5. The van der Waals surface area contributed by atoms with Crippen LogP contribution >= 0.6 is 11.3 Å². The van der Waals surface area contributed by atoms with E-state index in [1.807, 2.05) is 13.1 Å². The van der Waals surface area contributed by atoms with E-state index in [0.29, 0.717) is 6.54 Å². The molecule has 22 heavy (non-hydrogen) atoms. The highest BCUT2D eigenvalue weighted by Crippen LogP contribution is 2.45. The molecule has 2 nitrogen and oxygen atoms in total. The summed E-state index contributed by atoms with van der Waals surface area (Å²) in [6.07, 6.45) is 2.64. The van der Waals surface area contributed by atoms with E-state index >= 15 is 0 Å². The number of halogens is 1. The first-order valence-corrected chi connectivity index (χ1v) is 8.45. The van der Waals surface area contributed by atoms with Gasteiger partial charge in [-0.25, -0.2) is 4.39 Å². The second-order valence-electron chi connectivity index (χ2n) is 6.13. The van der Waals surface area contributed by atoms with Crippen LogP contribution in [0.4, 0.5) is 4.39 Å². The molecule has 1 heterocycles. The van der Waals surface area contributed by atoms with Crippen LogP contribution in [0.5, 0.6) is 0 Å². The van der Waals surface area contributed by atoms with Gasteiger partial charge in [-0.2, -0.15) is 0 Å². The average molecular weight is 317 g/mol. The fraction of sp³-hybridized carbons (Fsp3) is 0.389. The van der Waals surface area contributed by atoms with Crippen molar-refractivity contribution in [1.29, 1.82) is 0 Å². The van der Waals surface area contributed by atoms with Gasteiger partial charge < -0.3 is 4.90 Å². The molecule has 1 aliphatic rings. The van der Waals surface area contributed by atoms with E-state index in [4.69, 9.17) is 0 Å². The van der Waals surface area contributed by atoms with Gasteiger partial charge in [0.15, 0.2) is 0 Å². The van der Waals surface area contributed by atoms with E-state index in [1.165, 1.54) is 22.6 Å². The molecular weight excluding hydrogens is 297 g/mol. The predicted octanol–water partition coefficient (Wildman–Crippen LogP) is 4.28. The van der Waals surface area contributed by atoms with Crippen molar-refractivity contribution in [2.24, 2.45) is 0 Å². The van der Waals surface area contributed by atoms with Gasteiger partial charge in [-0.05, 0) is 54.5 Å². The van der Waals surface area contributed by atoms with Gasteiger partial charge in [0.2, 0.25) is 5.91 Å². The zero-order valence-corrected chi connectivity index (χ0v) is 13.8. The molecule has 0 aliphatic heterocycles. The van der Waals surface area contributed by atoms with Crippen LogP contribution in [0.15, 0.2) is 35.7 Å². The summed E-state index contributed by atoms with van der Waals surface area (Å²) in [5.74, 6) is -0.162. The number of rotatable bonds is 4. The second kappa shape index (κ2) is 5.84. The van der Waals surface area contributed by atoms with Crippen LogP contribution in [0.1, 0.15) is 35.3 Å². The van der Waals surface area contributed by atoms with Gasteiger partial charge in [0.05, 0.1) is 12.0 Å². The molecule has 3 rings (SSSR count). The van der Waals surface area contributed by atoms with Gasteiger partial charge in [-0.15, -0.1) is 11.3 Å². The number of carbonyl (C=O) groups excluding carboxylic acids is 1. The lowest BCUT2D eigenvalue weighted by Crippen LogP contribution is -2.49. The van der Waals surface area contributed by atoms with E-state index in [2.05, 4.69) is 18.4 Å². The van der Waals surface area contributed by atoms with E-state index < -0.39 is 5.41 Å². The third-order valence-corrected chi connectivity index (χ3v) is 5.70. The quantitative estimate of drug-likeness (QED) is 0.824. The van der Waals surface area contributed by atoms with Gasteiger partial charge >= 0.3 is 0 Å². The number of nitrogens with zero attached hydrogens (tertiary/aromatic N) is 1. The molecule has 0 radical (unpaired) electrons. The molecular formula is C18H20FNOS. The number of hydrogen-bond donors (Lipinski definition) is 0. The first kappa shape index (κ1) is 15.2. The summed E-state index contributed by atoms with van der Waals surface area (Å²) in [5, 5.41) is 2.05. The normalized spacial score (nSPS) is 16.1. The minimum Gasteiger partial charge on any atom is -0.340 e. The molecule has 0 N–H and O–H groups in total. The third-order valence-electron chi connectivity index (χ3n) is 4.69. The molecule has 0 spiro atoms. The van der Waals surface area contributed by atoms with Gasteiger partial charge in [0.25, 0.3) is 0 Å². The van der Waals surface area contributed by atoms with Crippen molar-refractivity contribution in [3.05, 3.63) is 57.5 Å². The first-order valence-electron chi connectivity index (χ1n) is 7.57. The van der Waals surface area contributed by atoms with Crippen LogP contribution in [0.2, 0.25) is 0 Å². The van der Waals surface area contributed by atoms with Gasteiger partial charge in [0.1, 0.15) is 5.82 Å². The number of carbonyl (C=O) groups is 1. The lowest BCUT2D eigenvalue weighted by molar-refractivity contribution is -0.140. The van der Waals surface area contributed by atoms with E-state index in [1.54, 1.807) is 22.3 Å². The highest BCUT2D eigenvalue weighted by Gasteiger charge is 2.47. The number of hydrogen-bond acceptors (Lipinski definition) is 2. The van der Waals surface area contributed by atoms with Crippen molar-refractivity contribution in [2.45, 2.75) is 38.1 Å². The standard InChI is InChI=1S/C18H20FNOS/c1-13-7-10-22-16(13)12-20(2)17(21)18(8-4-9-18)14-5-3-6-15(19)11-14/h3,5-7,10-11H,4,8-9,12H2,1-2H3. The van der Waals surface area contributed by atoms with Gasteiger partial charge in [-0.3, -0.25) is 4.79 Å². The predicted molar refractivity (Wildman–Crippen MR) is 87.5 cm³/mol. The topological polar surface area (TPSA) is 20.3 Å². The van der Waals surface area contributed by atoms with Gasteiger partial charge in [0, 0.05) is 11.9 Å². The largest absolute Gasteiger partial charge is 0.340 e. The molecule has 1 aliphatic carbocycles. The maximum Gasteiger partial charge on any atom is 0.233 e. The van der Waals surface area contributed by atoms with Crippen LogP contribution < -0.4 is 0 Å². The summed E-state index contributed by atoms with van der Waals surface area (Å²) in [7, 11) is 1.85. The summed E-state index contributed by atoms with van der Waals surface area (Å²) in [5.41, 5.74) is 1.51. The molecule has 1 aromatic carbocycles. The molecule has 0 bridgehead atoms. The minimum atomic E-state index is -0.526. The Bertz CT molecular complexity index is 690. The molecule has 116 valence electrons. The van der Waals surface area contributed by atoms with Gasteiger partial charge in [-0.1, -0.05) is 18.6 Å². The molecule has 0 unspecified atom stereocenters. The molecule has 2 aromatic rings. The van der Waals surface area contributed by atoms with E-state index in [-0.39, 0.29) is 11.7 Å². The highest BCUT2D eigenvalue weighted by atomic mass is 32.1. The number of amides is 1. The fourth-order valence-electron chi connectivity index (χ4n) is 3.16. The van der Waals surface area contributed by atoms with Crippen molar-refractivity contribution >= 4 is 17.2 Å². The zero-order chi connectivity index (χ0) is 15.7. The molecule has 1 aromatic heterocycles. The van der Waals surface area contributed by atoms with Crippen LogP contribution in [-0.2, 0) is 16.8 Å². The van der Waals surface area contributed by atoms with Crippen LogP contribution in [0.25, 0.3) is 0 Å². The van der Waals surface area contributed by atoms with Crippen LogP contribution in [0.3, 0.4) is 0 Å². The van der Waals surface area contributed by atoms with Crippen LogP contribution in [-0.4, -0.2) is 17.9 Å². The van der Waals surface area contributed by atoms with E-state index in [0.717, 1.165) is 24.8 Å². The molecule has 1 fully saturated rings. The summed E-state index contributed by atoms with van der Waals surface area (Å²) in [6, 6.07) is 8.59. The second-order valence-corrected chi connectivity index (χ2v) is 7.13. The van der Waals surface area contributed by atoms with Crippen molar-refractivity contribution in [3.8, 4) is 0 Å². The number of likely N-dealkylation sites (N-methyl/N-ethyl adjacent to an activating group) is 1. The lowest BCUT2D eigenvalue weighted by Gasteiger charge is -2.43. The smallest absolute Gasteiger partial charge is 0.233 e. The average Bonchev–Trinajstić information content (AvgIpc) is 2.83. The summed E-state index contributed by atoms with van der Waals surface area (Å²) in [6.45, 7) is 2.69. The summed E-state index contributed by atoms with van der Waals surface area (Å²) >= 11 is 1.68. The Balaban J connectivity index is 1.84. The molecule has 1 saturated carbocycles. The SMILES string of the molecule is Cc1ccsc1CN(C)C(=O)C1(c2cccc(F)c2)CCC1.